The average molecular weight is 277 g/mol. The zero-order valence-corrected chi connectivity index (χ0v) is 11.5. The summed E-state index contributed by atoms with van der Waals surface area (Å²) in [6.45, 7) is 5.16. The molecule has 0 unspecified atom stereocenters. The van der Waals surface area contributed by atoms with Gasteiger partial charge >= 0.3 is 5.97 Å². The molecule has 0 radical (unpaired) electrons. The molecule has 0 fully saturated rings. The van der Waals surface area contributed by atoms with Gasteiger partial charge in [0.1, 0.15) is 17.2 Å². The summed E-state index contributed by atoms with van der Waals surface area (Å²) in [5.41, 5.74) is -1.20. The lowest BCUT2D eigenvalue weighted by Gasteiger charge is -2.36. The third-order valence-electron chi connectivity index (χ3n) is 3.12. The Labute approximate surface area is 116 Å². The van der Waals surface area contributed by atoms with Crippen molar-refractivity contribution >= 4 is 17.3 Å². The molecular formula is C13H15N3O4. The minimum Gasteiger partial charge on any atom is -0.480 e. The number of rotatable bonds is 5. The fourth-order valence-electron chi connectivity index (χ4n) is 1.95. The summed E-state index contributed by atoms with van der Waals surface area (Å²) in [5, 5.41) is 29.0. The van der Waals surface area contributed by atoms with Crippen LogP contribution in [0.5, 0.6) is 0 Å². The smallest absolute Gasteiger partial charge is 0.328 e. The Morgan fingerprint density at radius 3 is 2.55 bits per heavy atom. The Bertz CT molecular complexity index is 590. The average Bonchev–Trinajstić information content (AvgIpc) is 2.38. The lowest BCUT2D eigenvalue weighted by Crippen LogP contribution is -2.50. The minimum atomic E-state index is -1.21. The maximum Gasteiger partial charge on any atom is 0.328 e. The topological polar surface area (TPSA) is 107 Å². The van der Waals surface area contributed by atoms with Crippen molar-refractivity contribution < 1.29 is 14.8 Å². The van der Waals surface area contributed by atoms with Gasteiger partial charge < -0.3 is 10.0 Å². The number of aliphatic carboxylic acids is 1. The first-order chi connectivity index (χ1) is 9.25. The predicted molar refractivity (Wildman–Crippen MR) is 72.5 cm³/mol. The molecule has 0 saturated carbocycles. The molecule has 1 aromatic carbocycles. The number of anilines is 1. The zero-order chi connectivity index (χ0) is 15.5. The van der Waals surface area contributed by atoms with Crippen molar-refractivity contribution in [1.82, 2.24) is 0 Å². The van der Waals surface area contributed by atoms with E-state index in [0.717, 1.165) is 0 Å². The van der Waals surface area contributed by atoms with E-state index in [9.17, 15) is 20.0 Å². The van der Waals surface area contributed by atoms with E-state index in [1.165, 1.54) is 36.9 Å². The minimum absolute atomic E-state index is 0.0528. The van der Waals surface area contributed by atoms with Crippen molar-refractivity contribution in [2.24, 2.45) is 0 Å². The largest absolute Gasteiger partial charge is 0.480 e. The molecule has 0 heterocycles. The van der Waals surface area contributed by atoms with Crippen molar-refractivity contribution in [3.05, 3.63) is 33.9 Å². The Hall–Kier alpha value is -2.62. The van der Waals surface area contributed by atoms with Gasteiger partial charge in [0, 0.05) is 18.3 Å². The lowest BCUT2D eigenvalue weighted by molar-refractivity contribution is -0.385. The highest BCUT2D eigenvalue weighted by atomic mass is 16.6. The van der Waals surface area contributed by atoms with Crippen molar-refractivity contribution in [2.45, 2.75) is 26.3 Å². The second kappa shape index (κ2) is 5.57. The van der Waals surface area contributed by atoms with E-state index in [1.807, 2.05) is 0 Å². The Kier molecular flexibility index (Phi) is 4.30. The number of hydrogen-bond donors (Lipinski definition) is 1. The van der Waals surface area contributed by atoms with E-state index >= 15 is 0 Å². The number of nitrogens with zero attached hydrogens (tertiary/aromatic N) is 3. The van der Waals surface area contributed by atoms with Crippen LogP contribution in [0.15, 0.2) is 18.2 Å². The molecule has 7 nitrogen and oxygen atoms in total. The van der Waals surface area contributed by atoms with E-state index < -0.39 is 16.4 Å². The van der Waals surface area contributed by atoms with E-state index in [0.29, 0.717) is 12.2 Å². The first kappa shape index (κ1) is 15.4. The summed E-state index contributed by atoms with van der Waals surface area (Å²) in [4.78, 5) is 23.1. The van der Waals surface area contributed by atoms with Gasteiger partial charge in [0.2, 0.25) is 0 Å². The van der Waals surface area contributed by atoms with Crippen LogP contribution in [0.4, 0.5) is 11.4 Å². The highest BCUT2D eigenvalue weighted by molar-refractivity contribution is 5.83. The molecule has 0 aliphatic heterocycles. The van der Waals surface area contributed by atoms with Crippen molar-refractivity contribution in [3.8, 4) is 6.07 Å². The fraction of sp³-hybridized carbons (Fsp3) is 0.385. The van der Waals surface area contributed by atoms with Crippen LogP contribution in [0.1, 0.15) is 26.3 Å². The second-order valence-corrected chi connectivity index (χ2v) is 4.68. The first-order valence-corrected chi connectivity index (χ1v) is 5.95. The maximum atomic E-state index is 11.3. The molecule has 0 aliphatic carbocycles. The molecule has 0 aromatic heterocycles. The molecule has 106 valence electrons. The first-order valence-electron chi connectivity index (χ1n) is 5.95. The molecule has 1 rings (SSSR count). The third kappa shape index (κ3) is 2.69. The molecule has 0 spiro atoms. The normalized spacial score (nSPS) is 10.7. The van der Waals surface area contributed by atoms with Crippen molar-refractivity contribution in [3.63, 3.8) is 0 Å². The van der Waals surface area contributed by atoms with Gasteiger partial charge in [0.25, 0.3) is 5.69 Å². The monoisotopic (exact) mass is 277 g/mol. The number of likely N-dealkylation sites (N-methyl/N-ethyl adjacent to an activating group) is 1. The molecule has 0 aliphatic rings. The summed E-state index contributed by atoms with van der Waals surface area (Å²) in [6.07, 6.45) is 0. The van der Waals surface area contributed by atoms with Gasteiger partial charge in [-0.2, -0.15) is 5.26 Å². The van der Waals surface area contributed by atoms with Crippen molar-refractivity contribution in [2.75, 3.05) is 11.4 Å². The quantitative estimate of drug-likeness (QED) is 0.652. The van der Waals surface area contributed by atoms with Crippen LogP contribution in [-0.2, 0) is 4.79 Å². The number of carbonyl (C=O) groups is 1. The van der Waals surface area contributed by atoms with E-state index in [4.69, 9.17) is 5.26 Å². The third-order valence-corrected chi connectivity index (χ3v) is 3.12. The van der Waals surface area contributed by atoms with Gasteiger partial charge in [0.15, 0.2) is 0 Å². The van der Waals surface area contributed by atoms with E-state index in [1.54, 1.807) is 13.0 Å². The molecule has 0 saturated heterocycles. The van der Waals surface area contributed by atoms with Crippen LogP contribution >= 0.6 is 0 Å². The summed E-state index contributed by atoms with van der Waals surface area (Å²) in [5.74, 6) is -1.04. The van der Waals surface area contributed by atoms with Gasteiger partial charge in [0.05, 0.1) is 4.92 Å². The number of nitro benzene ring substituents is 1. The molecular weight excluding hydrogens is 262 g/mol. The summed E-state index contributed by atoms with van der Waals surface area (Å²) >= 11 is 0. The molecule has 0 amide bonds. The SMILES string of the molecule is CCN(c1ccc(C#N)c([N+](=O)[O-])c1)C(C)(C)C(=O)O. The number of carboxylic acids is 1. The van der Waals surface area contributed by atoms with Gasteiger partial charge in [-0.15, -0.1) is 0 Å². The van der Waals surface area contributed by atoms with Crippen LogP contribution < -0.4 is 4.90 Å². The number of benzene rings is 1. The van der Waals surface area contributed by atoms with Crippen LogP contribution in [0.2, 0.25) is 0 Å². The number of carboxylic acid groups (broad SMARTS) is 1. The van der Waals surface area contributed by atoms with Crippen LogP contribution in [0.3, 0.4) is 0 Å². The van der Waals surface area contributed by atoms with Gasteiger partial charge in [-0.05, 0) is 32.9 Å². The zero-order valence-electron chi connectivity index (χ0n) is 11.5. The number of hydrogen-bond acceptors (Lipinski definition) is 5. The second-order valence-electron chi connectivity index (χ2n) is 4.68. The predicted octanol–water partition coefficient (Wildman–Crippen LogP) is 2.16. The van der Waals surface area contributed by atoms with Gasteiger partial charge in [-0.1, -0.05) is 0 Å². The van der Waals surface area contributed by atoms with Crippen LogP contribution in [0, 0.1) is 21.4 Å². The summed E-state index contributed by atoms with van der Waals surface area (Å²) in [7, 11) is 0. The van der Waals surface area contributed by atoms with Crippen molar-refractivity contribution in [1.29, 1.82) is 5.26 Å². The lowest BCUT2D eigenvalue weighted by atomic mass is 10.0. The van der Waals surface area contributed by atoms with Crippen LogP contribution in [-0.4, -0.2) is 28.1 Å². The Morgan fingerprint density at radius 1 is 1.55 bits per heavy atom. The highest BCUT2D eigenvalue weighted by Gasteiger charge is 2.34. The summed E-state index contributed by atoms with van der Waals surface area (Å²) in [6, 6.07) is 5.82. The molecule has 0 bridgehead atoms. The standard InChI is InChI=1S/C13H15N3O4/c1-4-15(13(2,3)12(17)18)10-6-5-9(8-14)11(7-10)16(19)20/h5-7H,4H2,1-3H3,(H,17,18). The highest BCUT2D eigenvalue weighted by Crippen LogP contribution is 2.29. The van der Waals surface area contributed by atoms with Gasteiger partial charge in [-0.3, -0.25) is 10.1 Å². The Morgan fingerprint density at radius 2 is 2.15 bits per heavy atom. The molecule has 1 N–H and O–H groups in total. The van der Waals surface area contributed by atoms with Gasteiger partial charge in [-0.25, -0.2) is 4.79 Å². The molecule has 0 atom stereocenters. The fourth-order valence-corrected chi connectivity index (χ4v) is 1.95. The number of nitriles is 1. The molecule has 7 heteroatoms. The van der Waals surface area contributed by atoms with Crippen LogP contribution in [0.25, 0.3) is 0 Å². The molecule has 20 heavy (non-hydrogen) atoms. The summed E-state index contributed by atoms with van der Waals surface area (Å²) < 4.78 is 0. The Balaban J connectivity index is 3.39. The number of nitro groups is 1. The van der Waals surface area contributed by atoms with E-state index in [-0.39, 0.29) is 11.3 Å². The van der Waals surface area contributed by atoms with E-state index in [2.05, 4.69) is 0 Å². The molecule has 1 aromatic rings. The maximum absolute atomic E-state index is 11.3.